The molecule has 2 rings (SSSR count). The minimum atomic E-state index is -1.02. The van der Waals surface area contributed by atoms with Crippen LogP contribution in [0.25, 0.3) is 10.4 Å². The molecule has 0 amide bonds. The Morgan fingerprint density at radius 3 is 2.68 bits per heavy atom. The summed E-state index contributed by atoms with van der Waals surface area (Å²) in [7, 11) is 0. The minimum absolute atomic E-state index is 0.311. The number of aliphatic hydroxyl groups excluding tert-OH is 1. The molecule has 0 aromatic heterocycles. The van der Waals surface area contributed by atoms with Gasteiger partial charge in [-0.1, -0.05) is 35.4 Å². The van der Waals surface area contributed by atoms with Crippen molar-refractivity contribution in [2.75, 3.05) is 6.61 Å². The van der Waals surface area contributed by atoms with Crippen LogP contribution in [0.5, 0.6) is 0 Å². The lowest BCUT2D eigenvalue weighted by molar-refractivity contribution is -0.275. The van der Waals surface area contributed by atoms with E-state index in [9.17, 15) is 5.11 Å². The van der Waals surface area contributed by atoms with Crippen molar-refractivity contribution >= 4 is 0 Å². The zero-order chi connectivity index (χ0) is 15.9. The average Bonchev–Trinajstić information content (AvgIpc) is 2.53. The van der Waals surface area contributed by atoms with Gasteiger partial charge in [0.15, 0.2) is 6.29 Å². The van der Waals surface area contributed by atoms with Crippen molar-refractivity contribution in [2.45, 2.75) is 51.1 Å². The van der Waals surface area contributed by atoms with E-state index < -0.39 is 30.6 Å². The quantitative estimate of drug-likeness (QED) is 0.495. The van der Waals surface area contributed by atoms with Crippen LogP contribution >= 0.6 is 0 Å². The van der Waals surface area contributed by atoms with Crippen LogP contribution in [-0.4, -0.2) is 42.4 Å². The van der Waals surface area contributed by atoms with Crippen molar-refractivity contribution in [3.63, 3.8) is 0 Å². The maximum atomic E-state index is 10.4. The minimum Gasteiger partial charge on any atom is -0.385 e. The number of hydrogen-bond acceptors (Lipinski definition) is 5. The van der Waals surface area contributed by atoms with Gasteiger partial charge in [0.05, 0.1) is 24.9 Å². The maximum absolute atomic E-state index is 10.4. The highest BCUT2D eigenvalue weighted by Crippen LogP contribution is 2.27. The van der Waals surface area contributed by atoms with Gasteiger partial charge < -0.3 is 19.3 Å². The van der Waals surface area contributed by atoms with E-state index >= 15 is 0 Å². The third-order valence-electron chi connectivity index (χ3n) is 3.58. The standard InChI is InChI=1S/C15H21N3O4/c1-3-20-15-13(19)14(12(17-18-16)10(2)22-15)21-9-11-7-5-4-6-8-11/h4-8,10,12-15,19H,3,9H2,1-2H3/t10-,12-,13+,14+,15+/m1/s1. The van der Waals surface area contributed by atoms with Crippen LogP contribution in [-0.2, 0) is 20.8 Å². The molecule has 1 heterocycles. The van der Waals surface area contributed by atoms with Crippen LogP contribution in [0, 0.1) is 0 Å². The van der Waals surface area contributed by atoms with Gasteiger partial charge in [0.25, 0.3) is 0 Å². The van der Waals surface area contributed by atoms with E-state index in [-0.39, 0.29) is 0 Å². The first-order chi connectivity index (χ1) is 10.7. The molecule has 7 heteroatoms. The first-order valence-corrected chi connectivity index (χ1v) is 7.32. The number of benzene rings is 1. The predicted molar refractivity (Wildman–Crippen MR) is 79.9 cm³/mol. The predicted octanol–water partition coefficient (Wildman–Crippen LogP) is 2.39. The third kappa shape index (κ3) is 3.97. The summed E-state index contributed by atoms with van der Waals surface area (Å²) in [6.45, 7) is 4.31. The number of nitrogens with zero attached hydrogens (tertiary/aromatic N) is 3. The summed E-state index contributed by atoms with van der Waals surface area (Å²) < 4.78 is 16.8. The summed E-state index contributed by atoms with van der Waals surface area (Å²) >= 11 is 0. The van der Waals surface area contributed by atoms with Crippen LogP contribution in [0.2, 0.25) is 0 Å². The van der Waals surface area contributed by atoms with Gasteiger partial charge in [0.1, 0.15) is 6.10 Å². The topological polar surface area (TPSA) is 96.7 Å². The lowest BCUT2D eigenvalue weighted by atomic mass is 9.97. The molecule has 0 saturated carbocycles. The second-order valence-electron chi connectivity index (χ2n) is 5.11. The van der Waals surface area contributed by atoms with E-state index in [0.29, 0.717) is 13.2 Å². The molecule has 120 valence electrons. The van der Waals surface area contributed by atoms with Crippen LogP contribution in [0.1, 0.15) is 19.4 Å². The molecule has 0 unspecified atom stereocenters. The van der Waals surface area contributed by atoms with Gasteiger partial charge >= 0.3 is 0 Å². The summed E-state index contributed by atoms with van der Waals surface area (Å²) in [4.78, 5) is 2.83. The van der Waals surface area contributed by atoms with E-state index in [2.05, 4.69) is 10.0 Å². The molecule has 1 N–H and O–H groups in total. The monoisotopic (exact) mass is 307 g/mol. The van der Waals surface area contributed by atoms with Gasteiger partial charge in [-0.3, -0.25) is 0 Å². The van der Waals surface area contributed by atoms with Crippen molar-refractivity contribution in [1.29, 1.82) is 0 Å². The highest BCUT2D eigenvalue weighted by Gasteiger charge is 2.44. The number of azide groups is 1. The van der Waals surface area contributed by atoms with Gasteiger partial charge in [0.2, 0.25) is 0 Å². The molecule has 1 aromatic rings. The summed E-state index contributed by atoms with van der Waals surface area (Å²) in [5.74, 6) is 0. The van der Waals surface area contributed by atoms with E-state index in [1.165, 1.54) is 0 Å². The zero-order valence-corrected chi connectivity index (χ0v) is 12.7. The van der Waals surface area contributed by atoms with Gasteiger partial charge in [-0.25, -0.2) is 0 Å². The number of rotatable bonds is 6. The smallest absolute Gasteiger partial charge is 0.186 e. The fraction of sp³-hybridized carbons (Fsp3) is 0.600. The van der Waals surface area contributed by atoms with Gasteiger partial charge in [-0.15, -0.1) is 0 Å². The summed E-state index contributed by atoms with van der Waals surface area (Å²) in [6.07, 6.45) is -2.89. The zero-order valence-electron chi connectivity index (χ0n) is 12.7. The summed E-state index contributed by atoms with van der Waals surface area (Å²) in [5, 5.41) is 14.1. The molecule has 1 aliphatic rings. The van der Waals surface area contributed by atoms with Crippen molar-refractivity contribution in [1.82, 2.24) is 0 Å². The Labute approximate surface area is 129 Å². The Bertz CT molecular complexity index is 507. The molecule has 1 fully saturated rings. The Hall–Kier alpha value is -1.63. The third-order valence-corrected chi connectivity index (χ3v) is 3.58. The molecule has 0 bridgehead atoms. The van der Waals surface area contributed by atoms with Crippen molar-refractivity contribution in [3.05, 3.63) is 46.3 Å². The number of aliphatic hydroxyl groups is 1. The second-order valence-corrected chi connectivity index (χ2v) is 5.11. The normalized spacial score (nSPS) is 31.5. The maximum Gasteiger partial charge on any atom is 0.186 e. The molecule has 1 aliphatic heterocycles. The molecule has 7 nitrogen and oxygen atoms in total. The molecule has 1 saturated heterocycles. The fourth-order valence-corrected chi connectivity index (χ4v) is 2.48. The number of hydrogen-bond donors (Lipinski definition) is 1. The van der Waals surface area contributed by atoms with Crippen LogP contribution in [0.3, 0.4) is 0 Å². The first-order valence-electron chi connectivity index (χ1n) is 7.32. The lowest BCUT2D eigenvalue weighted by Crippen LogP contribution is -2.57. The molecular weight excluding hydrogens is 286 g/mol. The molecule has 22 heavy (non-hydrogen) atoms. The van der Waals surface area contributed by atoms with E-state index in [4.69, 9.17) is 19.7 Å². The summed E-state index contributed by atoms with van der Waals surface area (Å²) in [6, 6.07) is 8.99. The molecule has 0 spiro atoms. The molecular formula is C15H21N3O4. The van der Waals surface area contributed by atoms with E-state index in [1.54, 1.807) is 6.92 Å². The fourth-order valence-electron chi connectivity index (χ4n) is 2.48. The first kappa shape index (κ1) is 16.7. The van der Waals surface area contributed by atoms with Crippen molar-refractivity contribution in [3.8, 4) is 0 Å². The highest BCUT2D eigenvalue weighted by molar-refractivity contribution is 5.13. The number of ether oxygens (including phenoxy) is 3. The molecule has 0 aliphatic carbocycles. The molecule has 1 aromatic carbocycles. The van der Waals surface area contributed by atoms with E-state index in [0.717, 1.165) is 5.56 Å². The highest BCUT2D eigenvalue weighted by atomic mass is 16.7. The largest absolute Gasteiger partial charge is 0.385 e. The van der Waals surface area contributed by atoms with Crippen LogP contribution in [0.4, 0.5) is 0 Å². The van der Waals surface area contributed by atoms with Gasteiger partial charge in [-0.05, 0) is 24.9 Å². The van der Waals surface area contributed by atoms with Crippen molar-refractivity contribution < 1.29 is 19.3 Å². The average molecular weight is 307 g/mol. The second kappa shape index (κ2) is 8.12. The van der Waals surface area contributed by atoms with Crippen molar-refractivity contribution in [2.24, 2.45) is 5.11 Å². The van der Waals surface area contributed by atoms with Gasteiger partial charge in [0, 0.05) is 11.5 Å². The Morgan fingerprint density at radius 2 is 2.05 bits per heavy atom. The Morgan fingerprint density at radius 1 is 1.32 bits per heavy atom. The molecule has 5 atom stereocenters. The van der Waals surface area contributed by atoms with E-state index in [1.807, 2.05) is 37.3 Å². The summed E-state index contributed by atoms with van der Waals surface area (Å²) in [5.41, 5.74) is 9.70. The SMILES string of the molecule is CCO[C@H]1O[C@H](C)[C@@H](N=[N+]=[N-])[C@H](OCc2ccccc2)[C@@H]1O. The Balaban J connectivity index is 2.11. The van der Waals surface area contributed by atoms with Crippen LogP contribution in [0.15, 0.2) is 35.4 Å². The van der Waals surface area contributed by atoms with Crippen LogP contribution < -0.4 is 0 Å². The Kier molecular flexibility index (Phi) is 6.18. The molecule has 0 radical (unpaired) electrons. The van der Waals surface area contributed by atoms with Gasteiger partial charge in [-0.2, -0.15) is 0 Å². The lowest BCUT2D eigenvalue weighted by Gasteiger charge is -2.41.